The highest BCUT2D eigenvalue weighted by atomic mass is 32.1. The molecular weight excluding hydrogens is 154 g/mol. The van der Waals surface area contributed by atoms with Gasteiger partial charge in [0, 0.05) is 6.54 Å². The molecule has 1 N–H and O–H groups in total. The molecule has 1 nitrogen and oxygen atoms in total. The lowest BCUT2D eigenvalue weighted by molar-refractivity contribution is 0.705. The summed E-state index contributed by atoms with van der Waals surface area (Å²) in [7, 11) is 0. The molecule has 1 unspecified atom stereocenters. The Bertz CT molecular complexity index is 268. The normalized spacial score (nSPS) is 22.2. The van der Waals surface area contributed by atoms with Crippen LogP contribution in [0.4, 0.5) is 0 Å². The summed E-state index contributed by atoms with van der Waals surface area (Å²) < 4.78 is 0. The number of nitrogens with one attached hydrogen (secondary N) is 1. The average Bonchev–Trinajstić information content (AvgIpc) is 2.04. The van der Waals surface area contributed by atoms with Crippen LogP contribution in [0.15, 0.2) is 30.3 Å². The number of rotatable bonds is 1. The molecule has 11 heavy (non-hydrogen) atoms. The highest BCUT2D eigenvalue weighted by molar-refractivity contribution is 7.80. The van der Waals surface area contributed by atoms with E-state index in [1.165, 1.54) is 5.56 Å². The van der Waals surface area contributed by atoms with Gasteiger partial charge >= 0.3 is 0 Å². The first-order chi connectivity index (χ1) is 5.38. The van der Waals surface area contributed by atoms with E-state index in [4.69, 9.17) is 12.2 Å². The van der Waals surface area contributed by atoms with Gasteiger partial charge in [-0.15, -0.1) is 0 Å². The fourth-order valence-corrected chi connectivity index (χ4v) is 1.54. The molecule has 0 spiro atoms. The topological polar surface area (TPSA) is 12.0 Å². The second-order valence-corrected chi connectivity index (χ2v) is 3.15. The maximum atomic E-state index is 5.08. The molecule has 0 saturated carbocycles. The van der Waals surface area contributed by atoms with Crippen molar-refractivity contribution in [1.82, 2.24) is 5.32 Å². The molecule has 0 aliphatic carbocycles. The third kappa shape index (κ3) is 1.14. The molecule has 56 valence electrons. The minimum Gasteiger partial charge on any atom is -0.378 e. The van der Waals surface area contributed by atoms with Gasteiger partial charge in [-0.2, -0.15) is 0 Å². The SMILES string of the molecule is S=C1NCC1c1ccccc1. The summed E-state index contributed by atoms with van der Waals surface area (Å²) in [6, 6.07) is 10.4. The van der Waals surface area contributed by atoms with Crippen LogP contribution in [0, 0.1) is 0 Å². The summed E-state index contributed by atoms with van der Waals surface area (Å²) in [5, 5.41) is 3.09. The van der Waals surface area contributed by atoms with Gasteiger partial charge in [0.25, 0.3) is 0 Å². The van der Waals surface area contributed by atoms with Crippen molar-refractivity contribution in [2.75, 3.05) is 6.54 Å². The van der Waals surface area contributed by atoms with E-state index in [1.807, 2.05) is 6.07 Å². The van der Waals surface area contributed by atoms with Crippen molar-refractivity contribution in [1.29, 1.82) is 0 Å². The van der Waals surface area contributed by atoms with Crippen LogP contribution >= 0.6 is 12.2 Å². The average molecular weight is 163 g/mol. The van der Waals surface area contributed by atoms with Gasteiger partial charge in [-0.1, -0.05) is 42.5 Å². The van der Waals surface area contributed by atoms with E-state index in [0.29, 0.717) is 5.92 Å². The lowest BCUT2D eigenvalue weighted by Gasteiger charge is -2.29. The molecular formula is C9H9NS. The lowest BCUT2D eigenvalue weighted by Crippen LogP contribution is -2.45. The van der Waals surface area contributed by atoms with E-state index in [1.54, 1.807) is 0 Å². The highest BCUT2D eigenvalue weighted by Crippen LogP contribution is 2.21. The van der Waals surface area contributed by atoms with Crippen molar-refractivity contribution in [3.63, 3.8) is 0 Å². The molecule has 1 saturated heterocycles. The molecule has 2 rings (SSSR count). The Hall–Kier alpha value is -0.890. The van der Waals surface area contributed by atoms with E-state index in [0.717, 1.165) is 11.5 Å². The third-order valence-corrected chi connectivity index (χ3v) is 2.43. The molecule has 1 aliphatic heterocycles. The van der Waals surface area contributed by atoms with Gasteiger partial charge in [-0.05, 0) is 5.56 Å². The van der Waals surface area contributed by atoms with Crippen molar-refractivity contribution >= 4 is 17.2 Å². The lowest BCUT2D eigenvalue weighted by atomic mass is 9.94. The van der Waals surface area contributed by atoms with Crippen LogP contribution in [-0.4, -0.2) is 11.5 Å². The van der Waals surface area contributed by atoms with E-state index in [-0.39, 0.29) is 0 Å². The first-order valence-electron chi connectivity index (χ1n) is 3.70. The van der Waals surface area contributed by atoms with Crippen LogP contribution in [0.1, 0.15) is 11.5 Å². The summed E-state index contributed by atoms with van der Waals surface area (Å²) in [5.41, 5.74) is 1.33. The second-order valence-electron chi connectivity index (χ2n) is 2.71. The summed E-state index contributed by atoms with van der Waals surface area (Å²) in [6.45, 7) is 1.00. The highest BCUT2D eigenvalue weighted by Gasteiger charge is 2.24. The van der Waals surface area contributed by atoms with Gasteiger partial charge in [-0.25, -0.2) is 0 Å². The predicted octanol–water partition coefficient (Wildman–Crippen LogP) is 1.70. The van der Waals surface area contributed by atoms with Gasteiger partial charge < -0.3 is 5.32 Å². The number of thiocarbonyl (C=S) groups is 1. The Morgan fingerprint density at radius 1 is 1.27 bits per heavy atom. The molecule has 2 heteroatoms. The fourth-order valence-electron chi connectivity index (χ4n) is 1.24. The van der Waals surface area contributed by atoms with Gasteiger partial charge in [0.2, 0.25) is 0 Å². The zero-order chi connectivity index (χ0) is 7.68. The van der Waals surface area contributed by atoms with E-state index in [2.05, 4.69) is 29.6 Å². The maximum Gasteiger partial charge on any atom is 0.0847 e. The zero-order valence-corrected chi connectivity index (χ0v) is 6.90. The Balaban J connectivity index is 2.23. The van der Waals surface area contributed by atoms with Crippen LogP contribution in [0.5, 0.6) is 0 Å². The molecule has 0 aromatic heterocycles. The zero-order valence-electron chi connectivity index (χ0n) is 6.08. The molecule has 1 fully saturated rings. The smallest absolute Gasteiger partial charge is 0.0847 e. The van der Waals surface area contributed by atoms with Gasteiger partial charge in [-0.3, -0.25) is 0 Å². The monoisotopic (exact) mass is 163 g/mol. The Kier molecular flexibility index (Phi) is 1.62. The van der Waals surface area contributed by atoms with Crippen molar-refractivity contribution < 1.29 is 0 Å². The van der Waals surface area contributed by atoms with Crippen molar-refractivity contribution in [3.8, 4) is 0 Å². The van der Waals surface area contributed by atoms with Crippen molar-refractivity contribution in [3.05, 3.63) is 35.9 Å². The van der Waals surface area contributed by atoms with Crippen LogP contribution in [0.3, 0.4) is 0 Å². The fraction of sp³-hybridized carbons (Fsp3) is 0.222. The summed E-state index contributed by atoms with van der Waals surface area (Å²) in [4.78, 5) is 0.983. The second kappa shape index (κ2) is 2.62. The predicted molar refractivity (Wildman–Crippen MR) is 49.8 cm³/mol. The van der Waals surface area contributed by atoms with Gasteiger partial charge in [0.05, 0.1) is 10.9 Å². The molecule has 1 aromatic carbocycles. The van der Waals surface area contributed by atoms with Gasteiger partial charge in [0.1, 0.15) is 0 Å². The number of hydrogen-bond donors (Lipinski definition) is 1. The van der Waals surface area contributed by atoms with E-state index in [9.17, 15) is 0 Å². The molecule has 0 amide bonds. The van der Waals surface area contributed by atoms with Crippen molar-refractivity contribution in [2.24, 2.45) is 0 Å². The molecule has 1 heterocycles. The van der Waals surface area contributed by atoms with Crippen LogP contribution < -0.4 is 5.32 Å². The van der Waals surface area contributed by atoms with Crippen LogP contribution in [-0.2, 0) is 0 Å². The Labute approximate surface area is 71.4 Å². The summed E-state index contributed by atoms with van der Waals surface area (Å²) in [6.07, 6.45) is 0. The Morgan fingerprint density at radius 3 is 2.45 bits per heavy atom. The summed E-state index contributed by atoms with van der Waals surface area (Å²) in [5.74, 6) is 0.478. The van der Waals surface area contributed by atoms with Crippen LogP contribution in [0.2, 0.25) is 0 Å². The minimum atomic E-state index is 0.478. The minimum absolute atomic E-state index is 0.478. The maximum absolute atomic E-state index is 5.08. The molecule has 1 aliphatic rings. The largest absolute Gasteiger partial charge is 0.378 e. The molecule has 0 radical (unpaired) electrons. The van der Waals surface area contributed by atoms with Gasteiger partial charge in [0.15, 0.2) is 0 Å². The van der Waals surface area contributed by atoms with Crippen LogP contribution in [0.25, 0.3) is 0 Å². The molecule has 1 aromatic rings. The Morgan fingerprint density at radius 2 is 2.00 bits per heavy atom. The standard InChI is InChI=1S/C9H9NS/c11-9-8(6-10-9)7-4-2-1-3-5-7/h1-5,8H,6H2,(H,10,11). The summed E-state index contributed by atoms with van der Waals surface area (Å²) >= 11 is 5.08. The van der Waals surface area contributed by atoms with E-state index >= 15 is 0 Å². The first kappa shape index (κ1) is 6.80. The molecule has 0 bridgehead atoms. The van der Waals surface area contributed by atoms with E-state index < -0.39 is 0 Å². The quantitative estimate of drug-likeness (QED) is 0.632. The molecule has 1 atom stereocenters. The number of hydrogen-bond acceptors (Lipinski definition) is 1. The van der Waals surface area contributed by atoms with Crippen molar-refractivity contribution in [2.45, 2.75) is 5.92 Å². The third-order valence-electron chi connectivity index (χ3n) is 2.00. The number of benzene rings is 1. The first-order valence-corrected chi connectivity index (χ1v) is 4.11.